The Bertz CT molecular complexity index is 377. The van der Waals surface area contributed by atoms with E-state index in [1.807, 2.05) is 37.4 Å². The molecular formula is C15H24N2O2. The van der Waals surface area contributed by atoms with Crippen molar-refractivity contribution in [3.8, 4) is 5.75 Å². The van der Waals surface area contributed by atoms with Gasteiger partial charge in [-0.1, -0.05) is 32.0 Å². The third kappa shape index (κ3) is 6.82. The minimum Gasteiger partial charge on any atom is -0.493 e. The van der Waals surface area contributed by atoms with Gasteiger partial charge in [0.15, 0.2) is 0 Å². The van der Waals surface area contributed by atoms with Gasteiger partial charge in [-0.25, -0.2) is 0 Å². The van der Waals surface area contributed by atoms with E-state index in [4.69, 9.17) is 4.74 Å². The zero-order valence-electron chi connectivity index (χ0n) is 12.0. The standard InChI is InChI=1S/C15H24N2O2/c1-15(2,11-16-3)12-17-14(18)9-10-19-13-7-5-4-6-8-13/h4-8,16H,9-12H2,1-3H3,(H,17,18). The highest BCUT2D eigenvalue weighted by atomic mass is 16.5. The monoisotopic (exact) mass is 264 g/mol. The first kappa shape index (κ1) is 15.5. The first-order chi connectivity index (χ1) is 9.03. The highest BCUT2D eigenvalue weighted by Gasteiger charge is 2.17. The number of hydrogen-bond acceptors (Lipinski definition) is 3. The maximum atomic E-state index is 11.7. The molecule has 2 N–H and O–H groups in total. The van der Waals surface area contributed by atoms with Crippen LogP contribution >= 0.6 is 0 Å². The van der Waals surface area contributed by atoms with E-state index in [9.17, 15) is 4.79 Å². The number of hydrogen-bond donors (Lipinski definition) is 2. The quantitative estimate of drug-likeness (QED) is 0.753. The Morgan fingerprint density at radius 3 is 2.53 bits per heavy atom. The van der Waals surface area contributed by atoms with Crippen LogP contribution in [0.25, 0.3) is 0 Å². The number of carbonyl (C=O) groups excluding carboxylic acids is 1. The fourth-order valence-electron chi connectivity index (χ4n) is 1.75. The van der Waals surface area contributed by atoms with E-state index in [-0.39, 0.29) is 11.3 Å². The molecule has 1 aromatic carbocycles. The number of para-hydroxylation sites is 1. The molecule has 0 aliphatic heterocycles. The van der Waals surface area contributed by atoms with Gasteiger partial charge in [0.25, 0.3) is 0 Å². The van der Waals surface area contributed by atoms with Gasteiger partial charge >= 0.3 is 0 Å². The highest BCUT2D eigenvalue weighted by molar-refractivity contribution is 5.76. The lowest BCUT2D eigenvalue weighted by Crippen LogP contribution is -2.39. The van der Waals surface area contributed by atoms with Crippen LogP contribution in [0.4, 0.5) is 0 Å². The zero-order chi connectivity index (χ0) is 14.1. The maximum absolute atomic E-state index is 11.7. The molecule has 0 aliphatic rings. The zero-order valence-corrected chi connectivity index (χ0v) is 12.0. The molecule has 0 aromatic heterocycles. The summed E-state index contributed by atoms with van der Waals surface area (Å²) in [5.74, 6) is 0.825. The van der Waals surface area contributed by atoms with E-state index in [1.165, 1.54) is 0 Å². The first-order valence-electron chi connectivity index (χ1n) is 6.63. The summed E-state index contributed by atoms with van der Waals surface area (Å²) in [6.45, 7) is 6.17. The van der Waals surface area contributed by atoms with E-state index >= 15 is 0 Å². The van der Waals surface area contributed by atoms with Crippen LogP contribution in [0.3, 0.4) is 0 Å². The predicted molar refractivity (Wildman–Crippen MR) is 77.3 cm³/mol. The lowest BCUT2D eigenvalue weighted by atomic mass is 9.93. The molecule has 106 valence electrons. The molecule has 0 bridgehead atoms. The van der Waals surface area contributed by atoms with E-state index in [0.29, 0.717) is 19.6 Å². The molecule has 0 fully saturated rings. The van der Waals surface area contributed by atoms with E-state index in [2.05, 4.69) is 24.5 Å². The molecular weight excluding hydrogens is 240 g/mol. The van der Waals surface area contributed by atoms with Crippen LogP contribution in [0, 0.1) is 5.41 Å². The van der Waals surface area contributed by atoms with Crippen molar-refractivity contribution >= 4 is 5.91 Å². The van der Waals surface area contributed by atoms with Gasteiger partial charge in [-0.15, -0.1) is 0 Å². The molecule has 1 rings (SSSR count). The van der Waals surface area contributed by atoms with Crippen LogP contribution in [0.5, 0.6) is 5.75 Å². The highest BCUT2D eigenvalue weighted by Crippen LogP contribution is 2.11. The van der Waals surface area contributed by atoms with Crippen LogP contribution in [-0.2, 0) is 4.79 Å². The van der Waals surface area contributed by atoms with Crippen LogP contribution < -0.4 is 15.4 Å². The normalized spacial score (nSPS) is 11.1. The van der Waals surface area contributed by atoms with Crippen molar-refractivity contribution in [2.45, 2.75) is 20.3 Å². The van der Waals surface area contributed by atoms with Gasteiger partial charge in [-0.2, -0.15) is 0 Å². The van der Waals surface area contributed by atoms with Gasteiger partial charge in [0.05, 0.1) is 13.0 Å². The molecule has 0 spiro atoms. The maximum Gasteiger partial charge on any atom is 0.223 e. The number of ether oxygens (including phenoxy) is 1. The second-order valence-corrected chi connectivity index (χ2v) is 5.38. The number of nitrogens with one attached hydrogen (secondary N) is 2. The molecule has 0 atom stereocenters. The third-order valence-electron chi connectivity index (χ3n) is 2.76. The van der Waals surface area contributed by atoms with Crippen LogP contribution in [0.2, 0.25) is 0 Å². The molecule has 0 unspecified atom stereocenters. The Labute approximate surface area is 115 Å². The van der Waals surface area contributed by atoms with Crippen molar-refractivity contribution in [2.24, 2.45) is 5.41 Å². The number of rotatable bonds is 8. The summed E-state index contributed by atoms with van der Waals surface area (Å²) in [6.07, 6.45) is 0.379. The van der Waals surface area contributed by atoms with Gasteiger partial charge in [0.1, 0.15) is 5.75 Å². The Kier molecular flexibility index (Phi) is 6.36. The number of benzene rings is 1. The summed E-state index contributed by atoms with van der Waals surface area (Å²) in [5, 5.41) is 6.06. The summed E-state index contributed by atoms with van der Waals surface area (Å²) >= 11 is 0. The molecule has 0 heterocycles. The van der Waals surface area contributed by atoms with E-state index in [1.54, 1.807) is 0 Å². The van der Waals surface area contributed by atoms with Crippen molar-refractivity contribution in [3.63, 3.8) is 0 Å². The van der Waals surface area contributed by atoms with E-state index < -0.39 is 0 Å². The Hall–Kier alpha value is -1.55. The molecule has 0 radical (unpaired) electrons. The van der Waals surface area contributed by atoms with Gasteiger partial charge in [0, 0.05) is 13.1 Å². The molecule has 0 aliphatic carbocycles. The summed E-state index contributed by atoms with van der Waals surface area (Å²) in [4.78, 5) is 11.7. The summed E-state index contributed by atoms with van der Waals surface area (Å²) in [5.41, 5.74) is 0.0602. The molecule has 0 saturated heterocycles. The largest absolute Gasteiger partial charge is 0.493 e. The van der Waals surface area contributed by atoms with Gasteiger partial charge in [0.2, 0.25) is 5.91 Å². The van der Waals surface area contributed by atoms with Crippen LogP contribution in [0.15, 0.2) is 30.3 Å². The number of carbonyl (C=O) groups is 1. The molecule has 4 heteroatoms. The van der Waals surface area contributed by atoms with Gasteiger partial charge in [-0.05, 0) is 24.6 Å². The Balaban J connectivity index is 2.18. The first-order valence-corrected chi connectivity index (χ1v) is 6.63. The van der Waals surface area contributed by atoms with Gasteiger partial charge in [-0.3, -0.25) is 4.79 Å². The fourth-order valence-corrected chi connectivity index (χ4v) is 1.75. The molecule has 19 heavy (non-hydrogen) atoms. The lowest BCUT2D eigenvalue weighted by Gasteiger charge is -2.24. The van der Waals surface area contributed by atoms with Crippen LogP contribution in [0.1, 0.15) is 20.3 Å². The number of amides is 1. The summed E-state index contributed by atoms with van der Waals surface area (Å²) in [7, 11) is 1.91. The minimum absolute atomic E-state index is 0.0279. The third-order valence-corrected chi connectivity index (χ3v) is 2.76. The molecule has 4 nitrogen and oxygen atoms in total. The molecule has 1 aromatic rings. The minimum atomic E-state index is 0.0279. The van der Waals surface area contributed by atoms with Crippen molar-refractivity contribution in [2.75, 3.05) is 26.7 Å². The SMILES string of the molecule is CNCC(C)(C)CNC(=O)CCOc1ccccc1. The second kappa shape index (κ2) is 7.79. The predicted octanol–water partition coefficient (Wildman–Crippen LogP) is 1.82. The smallest absolute Gasteiger partial charge is 0.223 e. The van der Waals surface area contributed by atoms with Crippen molar-refractivity contribution in [3.05, 3.63) is 30.3 Å². The lowest BCUT2D eigenvalue weighted by molar-refractivity contribution is -0.122. The average Bonchev–Trinajstić information content (AvgIpc) is 2.38. The van der Waals surface area contributed by atoms with Crippen molar-refractivity contribution in [1.82, 2.24) is 10.6 Å². The average molecular weight is 264 g/mol. The van der Waals surface area contributed by atoms with E-state index in [0.717, 1.165) is 12.3 Å². The summed E-state index contributed by atoms with van der Waals surface area (Å²) in [6, 6.07) is 9.52. The Morgan fingerprint density at radius 2 is 1.89 bits per heavy atom. The molecule has 1 amide bonds. The fraction of sp³-hybridized carbons (Fsp3) is 0.533. The van der Waals surface area contributed by atoms with Gasteiger partial charge < -0.3 is 15.4 Å². The van der Waals surface area contributed by atoms with Crippen molar-refractivity contribution < 1.29 is 9.53 Å². The van der Waals surface area contributed by atoms with Crippen molar-refractivity contribution in [1.29, 1.82) is 0 Å². The summed E-state index contributed by atoms with van der Waals surface area (Å²) < 4.78 is 5.48. The van der Waals surface area contributed by atoms with Crippen LogP contribution in [-0.4, -0.2) is 32.7 Å². The topological polar surface area (TPSA) is 50.4 Å². The Morgan fingerprint density at radius 1 is 1.21 bits per heavy atom. The molecule has 0 saturated carbocycles. The second-order valence-electron chi connectivity index (χ2n) is 5.38.